The summed E-state index contributed by atoms with van der Waals surface area (Å²) in [5, 5.41) is 2.93. The second-order valence-corrected chi connectivity index (χ2v) is 7.73. The molecule has 2 rings (SSSR count). The molecule has 2 aromatic rings. The molecule has 0 spiro atoms. The number of hydrogen-bond donors (Lipinski definition) is 1. The Kier molecular flexibility index (Phi) is 6.72. The number of carbonyl (C=O) groups is 2. The highest BCUT2D eigenvalue weighted by Gasteiger charge is 2.28. The van der Waals surface area contributed by atoms with Crippen LogP contribution in [0.1, 0.15) is 38.8 Å². The van der Waals surface area contributed by atoms with E-state index in [1.807, 2.05) is 51.1 Å². The summed E-state index contributed by atoms with van der Waals surface area (Å²) in [5.41, 5.74) is 1.27. The monoisotopic (exact) mass is 370 g/mol. The van der Waals surface area contributed by atoms with Crippen molar-refractivity contribution in [2.45, 2.75) is 52.2 Å². The Labute approximate surface area is 160 Å². The molecule has 5 heteroatoms. The molecular weight excluding hydrogens is 343 g/mol. The first-order valence-electron chi connectivity index (χ1n) is 9.05. The average molecular weight is 370 g/mol. The lowest BCUT2D eigenvalue weighted by Crippen LogP contribution is -2.52. The number of amides is 2. The van der Waals surface area contributed by atoms with Crippen molar-refractivity contribution in [3.05, 3.63) is 71.5 Å². The predicted octanol–water partition coefficient (Wildman–Crippen LogP) is 3.70. The minimum absolute atomic E-state index is 0.111. The van der Waals surface area contributed by atoms with E-state index in [0.717, 1.165) is 5.56 Å². The molecule has 2 amide bonds. The second-order valence-electron chi connectivity index (χ2n) is 7.73. The zero-order valence-corrected chi connectivity index (χ0v) is 16.3. The van der Waals surface area contributed by atoms with Gasteiger partial charge in [0, 0.05) is 12.1 Å². The summed E-state index contributed by atoms with van der Waals surface area (Å²) in [5.74, 6) is -0.724. The smallest absolute Gasteiger partial charge is 0.242 e. The molecule has 27 heavy (non-hydrogen) atoms. The van der Waals surface area contributed by atoms with E-state index in [1.54, 1.807) is 24.0 Å². The van der Waals surface area contributed by atoms with E-state index < -0.39 is 6.04 Å². The van der Waals surface area contributed by atoms with Crippen molar-refractivity contribution in [3.63, 3.8) is 0 Å². The molecule has 0 aliphatic carbocycles. The number of nitrogens with one attached hydrogen (secondary N) is 1. The molecule has 1 atom stereocenters. The van der Waals surface area contributed by atoms with Crippen LogP contribution in [0.4, 0.5) is 4.39 Å². The highest BCUT2D eigenvalue weighted by Crippen LogP contribution is 2.14. The molecule has 0 heterocycles. The average Bonchev–Trinajstić information content (AvgIpc) is 2.60. The van der Waals surface area contributed by atoms with Crippen molar-refractivity contribution in [1.82, 2.24) is 10.2 Å². The standard InChI is InChI=1S/C22H27FN2O2/c1-16(21(27)24-22(2,3)4)25(15-18-8-6-5-7-9-18)20(26)14-17-10-12-19(23)13-11-17/h5-13,16H,14-15H2,1-4H3,(H,24,27)/t16-/m0/s1. The number of hydrogen-bond acceptors (Lipinski definition) is 2. The number of halogens is 1. The molecule has 0 fully saturated rings. The predicted molar refractivity (Wildman–Crippen MR) is 104 cm³/mol. The van der Waals surface area contributed by atoms with Crippen LogP contribution in [0.3, 0.4) is 0 Å². The molecule has 1 N–H and O–H groups in total. The van der Waals surface area contributed by atoms with Crippen LogP contribution in [0, 0.1) is 5.82 Å². The van der Waals surface area contributed by atoms with E-state index in [-0.39, 0.29) is 29.6 Å². The lowest BCUT2D eigenvalue weighted by molar-refractivity contribution is -0.140. The number of benzene rings is 2. The number of carbonyl (C=O) groups excluding carboxylic acids is 2. The lowest BCUT2D eigenvalue weighted by atomic mass is 10.1. The molecule has 0 aliphatic heterocycles. The van der Waals surface area contributed by atoms with Crippen molar-refractivity contribution >= 4 is 11.8 Å². The first-order valence-corrected chi connectivity index (χ1v) is 9.05. The van der Waals surface area contributed by atoms with Crippen molar-refractivity contribution < 1.29 is 14.0 Å². The molecule has 0 radical (unpaired) electrons. The maximum atomic E-state index is 13.1. The van der Waals surface area contributed by atoms with Gasteiger partial charge < -0.3 is 10.2 Å². The van der Waals surface area contributed by atoms with Gasteiger partial charge in [0.1, 0.15) is 11.9 Å². The van der Waals surface area contributed by atoms with E-state index >= 15 is 0 Å². The normalized spacial score (nSPS) is 12.3. The molecular formula is C22H27FN2O2. The van der Waals surface area contributed by atoms with E-state index in [9.17, 15) is 14.0 Å². The van der Waals surface area contributed by atoms with Gasteiger partial charge in [-0.3, -0.25) is 9.59 Å². The Morgan fingerprint density at radius 1 is 1.00 bits per heavy atom. The van der Waals surface area contributed by atoms with Crippen LogP contribution in [0.25, 0.3) is 0 Å². The van der Waals surface area contributed by atoms with Crippen LogP contribution in [0.15, 0.2) is 54.6 Å². The Morgan fingerprint density at radius 3 is 2.15 bits per heavy atom. The molecule has 2 aromatic carbocycles. The third-order valence-electron chi connectivity index (χ3n) is 4.13. The molecule has 0 bridgehead atoms. The highest BCUT2D eigenvalue weighted by molar-refractivity contribution is 5.88. The minimum Gasteiger partial charge on any atom is -0.350 e. The molecule has 4 nitrogen and oxygen atoms in total. The topological polar surface area (TPSA) is 49.4 Å². The van der Waals surface area contributed by atoms with Gasteiger partial charge in [0.05, 0.1) is 6.42 Å². The van der Waals surface area contributed by atoms with Crippen molar-refractivity contribution in [2.75, 3.05) is 0 Å². The summed E-state index contributed by atoms with van der Waals surface area (Å²) < 4.78 is 13.1. The van der Waals surface area contributed by atoms with Gasteiger partial charge in [-0.05, 0) is 51.0 Å². The summed E-state index contributed by atoms with van der Waals surface area (Å²) in [4.78, 5) is 27.2. The molecule has 0 unspecified atom stereocenters. The van der Waals surface area contributed by atoms with Crippen LogP contribution >= 0.6 is 0 Å². The SMILES string of the molecule is C[C@@H](C(=O)NC(C)(C)C)N(Cc1ccccc1)C(=O)Cc1ccc(F)cc1. The van der Waals surface area contributed by atoms with Crippen LogP contribution in [-0.4, -0.2) is 28.3 Å². The fourth-order valence-corrected chi connectivity index (χ4v) is 2.72. The van der Waals surface area contributed by atoms with Gasteiger partial charge in [-0.2, -0.15) is 0 Å². The summed E-state index contributed by atoms with van der Waals surface area (Å²) >= 11 is 0. The first kappa shape index (κ1) is 20.6. The Bertz CT molecular complexity index is 767. The van der Waals surface area contributed by atoms with Gasteiger partial charge in [0.2, 0.25) is 11.8 Å². The molecule has 144 valence electrons. The van der Waals surface area contributed by atoms with Gasteiger partial charge in [-0.1, -0.05) is 42.5 Å². The Morgan fingerprint density at radius 2 is 1.59 bits per heavy atom. The van der Waals surface area contributed by atoms with Crippen LogP contribution in [-0.2, 0) is 22.6 Å². The third kappa shape index (κ3) is 6.51. The zero-order chi connectivity index (χ0) is 20.0. The first-order chi connectivity index (χ1) is 12.7. The Hall–Kier alpha value is -2.69. The van der Waals surface area contributed by atoms with Crippen molar-refractivity contribution in [3.8, 4) is 0 Å². The largest absolute Gasteiger partial charge is 0.350 e. The Balaban J connectivity index is 2.21. The van der Waals surface area contributed by atoms with Crippen molar-refractivity contribution in [1.29, 1.82) is 0 Å². The summed E-state index contributed by atoms with van der Waals surface area (Å²) in [7, 11) is 0. The molecule has 0 aromatic heterocycles. The second kappa shape index (κ2) is 8.80. The lowest BCUT2D eigenvalue weighted by Gasteiger charge is -2.31. The molecule has 0 saturated carbocycles. The van der Waals surface area contributed by atoms with E-state index in [0.29, 0.717) is 12.1 Å². The van der Waals surface area contributed by atoms with E-state index in [1.165, 1.54) is 12.1 Å². The minimum atomic E-state index is -0.627. The van der Waals surface area contributed by atoms with Gasteiger partial charge >= 0.3 is 0 Å². The summed E-state index contributed by atoms with van der Waals surface area (Å²) in [6.45, 7) is 7.77. The molecule has 0 saturated heterocycles. The fourth-order valence-electron chi connectivity index (χ4n) is 2.72. The highest BCUT2D eigenvalue weighted by atomic mass is 19.1. The van der Waals surface area contributed by atoms with Gasteiger partial charge in [0.25, 0.3) is 0 Å². The van der Waals surface area contributed by atoms with Crippen molar-refractivity contribution in [2.24, 2.45) is 0 Å². The van der Waals surface area contributed by atoms with E-state index in [2.05, 4.69) is 5.32 Å². The maximum absolute atomic E-state index is 13.1. The van der Waals surface area contributed by atoms with Crippen LogP contribution in [0.2, 0.25) is 0 Å². The number of rotatable bonds is 6. The summed E-state index contributed by atoms with van der Waals surface area (Å²) in [6.07, 6.45) is 0.111. The van der Waals surface area contributed by atoms with Gasteiger partial charge in [0.15, 0.2) is 0 Å². The quantitative estimate of drug-likeness (QED) is 0.843. The van der Waals surface area contributed by atoms with Gasteiger partial charge in [-0.15, -0.1) is 0 Å². The van der Waals surface area contributed by atoms with Crippen LogP contribution in [0.5, 0.6) is 0 Å². The zero-order valence-electron chi connectivity index (χ0n) is 16.3. The van der Waals surface area contributed by atoms with Gasteiger partial charge in [-0.25, -0.2) is 4.39 Å². The third-order valence-corrected chi connectivity index (χ3v) is 4.13. The molecule has 0 aliphatic rings. The summed E-state index contributed by atoms with van der Waals surface area (Å²) in [6, 6.07) is 14.8. The number of nitrogens with zero attached hydrogens (tertiary/aromatic N) is 1. The van der Waals surface area contributed by atoms with E-state index in [4.69, 9.17) is 0 Å². The maximum Gasteiger partial charge on any atom is 0.242 e. The van der Waals surface area contributed by atoms with Crippen LogP contribution < -0.4 is 5.32 Å². The fraction of sp³-hybridized carbons (Fsp3) is 0.364.